The fourth-order valence-corrected chi connectivity index (χ4v) is 4.37. The molecule has 1 aliphatic rings. The van der Waals surface area contributed by atoms with Gasteiger partial charge in [0.25, 0.3) is 5.91 Å². The molecule has 0 radical (unpaired) electrons. The number of amides is 1. The summed E-state index contributed by atoms with van der Waals surface area (Å²) in [5, 5.41) is 19.0. The SMILES string of the molecule is O=C(NCc1ccccc1)c1nn(CCO)c2c1CN(Cc1cccs1)CC2. The molecule has 28 heavy (non-hydrogen) atoms. The first-order valence-corrected chi connectivity index (χ1v) is 10.4. The molecule has 0 fully saturated rings. The van der Waals surface area contributed by atoms with Gasteiger partial charge in [0.15, 0.2) is 5.69 Å². The molecule has 0 saturated carbocycles. The van der Waals surface area contributed by atoms with Crippen LogP contribution in [0.5, 0.6) is 0 Å². The van der Waals surface area contributed by atoms with Crippen LogP contribution in [0, 0.1) is 0 Å². The molecule has 0 aliphatic carbocycles. The summed E-state index contributed by atoms with van der Waals surface area (Å²) in [6.07, 6.45) is 0.833. The molecule has 146 valence electrons. The molecule has 0 saturated heterocycles. The van der Waals surface area contributed by atoms with Crippen LogP contribution in [0.15, 0.2) is 47.8 Å². The zero-order chi connectivity index (χ0) is 19.3. The molecule has 4 rings (SSSR count). The smallest absolute Gasteiger partial charge is 0.272 e. The Kier molecular flexibility index (Phi) is 5.85. The first-order chi connectivity index (χ1) is 13.7. The zero-order valence-electron chi connectivity index (χ0n) is 15.7. The lowest BCUT2D eigenvalue weighted by atomic mass is 10.0. The van der Waals surface area contributed by atoms with E-state index in [9.17, 15) is 9.90 Å². The van der Waals surface area contributed by atoms with Crippen molar-refractivity contribution in [2.45, 2.75) is 32.6 Å². The average Bonchev–Trinajstić information content (AvgIpc) is 3.35. The summed E-state index contributed by atoms with van der Waals surface area (Å²) >= 11 is 1.75. The monoisotopic (exact) mass is 396 g/mol. The van der Waals surface area contributed by atoms with Gasteiger partial charge in [0.05, 0.1) is 13.2 Å². The van der Waals surface area contributed by atoms with Crippen LogP contribution in [0.25, 0.3) is 0 Å². The number of carbonyl (C=O) groups is 1. The number of nitrogens with zero attached hydrogens (tertiary/aromatic N) is 3. The van der Waals surface area contributed by atoms with E-state index in [4.69, 9.17) is 0 Å². The summed E-state index contributed by atoms with van der Waals surface area (Å²) in [5.74, 6) is -0.158. The van der Waals surface area contributed by atoms with Crippen LogP contribution in [0.4, 0.5) is 0 Å². The van der Waals surface area contributed by atoms with Crippen LogP contribution in [0.1, 0.15) is 32.2 Å². The fourth-order valence-electron chi connectivity index (χ4n) is 3.63. The Morgan fingerprint density at radius 1 is 1.21 bits per heavy atom. The van der Waals surface area contributed by atoms with Crippen molar-refractivity contribution >= 4 is 17.2 Å². The van der Waals surface area contributed by atoms with Crippen molar-refractivity contribution < 1.29 is 9.90 Å². The topological polar surface area (TPSA) is 70.4 Å². The van der Waals surface area contributed by atoms with Gasteiger partial charge in [-0.3, -0.25) is 14.4 Å². The van der Waals surface area contributed by atoms with Crippen molar-refractivity contribution in [2.24, 2.45) is 0 Å². The Morgan fingerprint density at radius 2 is 2.07 bits per heavy atom. The summed E-state index contributed by atoms with van der Waals surface area (Å²) in [5.41, 5.74) is 3.59. The largest absolute Gasteiger partial charge is 0.394 e. The van der Waals surface area contributed by atoms with E-state index >= 15 is 0 Å². The van der Waals surface area contributed by atoms with E-state index in [0.717, 1.165) is 36.3 Å². The Balaban J connectivity index is 1.52. The van der Waals surface area contributed by atoms with Crippen molar-refractivity contribution in [2.75, 3.05) is 13.2 Å². The van der Waals surface area contributed by atoms with Gasteiger partial charge in [-0.1, -0.05) is 36.4 Å². The van der Waals surface area contributed by atoms with Gasteiger partial charge in [-0.15, -0.1) is 11.3 Å². The van der Waals surface area contributed by atoms with E-state index in [0.29, 0.717) is 25.3 Å². The molecule has 7 heteroatoms. The highest BCUT2D eigenvalue weighted by Crippen LogP contribution is 2.25. The molecule has 3 heterocycles. The van der Waals surface area contributed by atoms with Crippen LogP contribution in [0.2, 0.25) is 0 Å². The maximum atomic E-state index is 12.9. The maximum absolute atomic E-state index is 12.9. The van der Waals surface area contributed by atoms with Crippen LogP contribution in [-0.4, -0.2) is 38.8 Å². The van der Waals surface area contributed by atoms with Gasteiger partial charge in [-0.05, 0) is 17.0 Å². The van der Waals surface area contributed by atoms with Gasteiger partial charge >= 0.3 is 0 Å². The molecule has 0 bridgehead atoms. The number of carbonyl (C=O) groups excluding carboxylic acids is 1. The lowest BCUT2D eigenvalue weighted by molar-refractivity contribution is 0.0942. The third-order valence-corrected chi connectivity index (χ3v) is 5.86. The van der Waals surface area contributed by atoms with Crippen molar-refractivity contribution in [3.63, 3.8) is 0 Å². The minimum atomic E-state index is -0.158. The Hall–Kier alpha value is -2.48. The van der Waals surface area contributed by atoms with Gasteiger partial charge in [0.2, 0.25) is 0 Å². The van der Waals surface area contributed by atoms with E-state index < -0.39 is 0 Å². The van der Waals surface area contributed by atoms with E-state index in [-0.39, 0.29) is 12.5 Å². The minimum absolute atomic E-state index is 0.0120. The van der Waals surface area contributed by atoms with E-state index in [1.807, 2.05) is 30.3 Å². The average molecular weight is 397 g/mol. The molecular weight excluding hydrogens is 372 g/mol. The van der Waals surface area contributed by atoms with Crippen molar-refractivity contribution in [1.82, 2.24) is 20.0 Å². The molecule has 0 spiro atoms. The van der Waals surface area contributed by atoms with Crippen LogP contribution in [-0.2, 0) is 32.6 Å². The highest BCUT2D eigenvalue weighted by molar-refractivity contribution is 7.09. The van der Waals surface area contributed by atoms with Crippen molar-refractivity contribution in [1.29, 1.82) is 0 Å². The number of aliphatic hydroxyl groups is 1. The van der Waals surface area contributed by atoms with Gasteiger partial charge in [-0.2, -0.15) is 5.10 Å². The van der Waals surface area contributed by atoms with Crippen molar-refractivity contribution in [3.8, 4) is 0 Å². The maximum Gasteiger partial charge on any atom is 0.272 e. The number of hydrogen-bond donors (Lipinski definition) is 2. The Labute approximate surface area is 168 Å². The fraction of sp³-hybridized carbons (Fsp3) is 0.333. The number of benzene rings is 1. The van der Waals surface area contributed by atoms with Crippen LogP contribution >= 0.6 is 11.3 Å². The quantitative estimate of drug-likeness (QED) is 0.644. The summed E-state index contributed by atoms with van der Waals surface area (Å²) in [7, 11) is 0. The molecule has 1 aromatic carbocycles. The third-order valence-electron chi connectivity index (χ3n) is 5.00. The van der Waals surface area contributed by atoms with E-state index in [1.54, 1.807) is 16.0 Å². The number of rotatable bonds is 7. The van der Waals surface area contributed by atoms with E-state index in [1.165, 1.54) is 4.88 Å². The molecule has 6 nitrogen and oxygen atoms in total. The molecule has 1 amide bonds. The van der Waals surface area contributed by atoms with Crippen LogP contribution < -0.4 is 5.32 Å². The predicted octanol–water partition coefficient (Wildman–Crippen LogP) is 2.43. The first kappa shape index (κ1) is 18.9. The number of thiophene rings is 1. The Morgan fingerprint density at radius 3 is 2.82 bits per heavy atom. The molecule has 1 aliphatic heterocycles. The Bertz CT molecular complexity index is 922. The zero-order valence-corrected chi connectivity index (χ0v) is 16.5. The highest BCUT2D eigenvalue weighted by atomic mass is 32.1. The lowest BCUT2D eigenvalue weighted by Crippen LogP contribution is -2.32. The number of fused-ring (bicyclic) bond motifs is 1. The standard InChI is InChI=1S/C21H24N4O2S/c26-11-10-25-19-8-9-24(14-17-7-4-12-28-17)15-18(19)20(23-25)21(27)22-13-16-5-2-1-3-6-16/h1-7,12,26H,8-11,13-15H2,(H,22,27). The van der Waals surface area contributed by atoms with Gasteiger partial charge in [0.1, 0.15) is 0 Å². The second kappa shape index (κ2) is 8.68. The molecule has 3 aromatic rings. The summed E-state index contributed by atoms with van der Waals surface area (Å²) in [6, 6.07) is 14.1. The normalized spacial score (nSPS) is 14.0. The van der Waals surface area contributed by atoms with Gasteiger partial charge < -0.3 is 10.4 Å². The summed E-state index contributed by atoms with van der Waals surface area (Å²) < 4.78 is 1.80. The minimum Gasteiger partial charge on any atom is -0.394 e. The van der Waals surface area contributed by atoms with Crippen molar-refractivity contribution in [3.05, 3.63) is 75.2 Å². The predicted molar refractivity (Wildman–Crippen MR) is 109 cm³/mol. The van der Waals surface area contributed by atoms with Gasteiger partial charge in [-0.25, -0.2) is 0 Å². The molecule has 2 aromatic heterocycles. The molecular formula is C21H24N4O2S. The second-order valence-electron chi connectivity index (χ2n) is 6.93. The number of hydrogen-bond acceptors (Lipinski definition) is 5. The number of nitrogens with one attached hydrogen (secondary N) is 1. The number of aliphatic hydroxyl groups excluding tert-OH is 1. The first-order valence-electron chi connectivity index (χ1n) is 9.51. The third kappa shape index (κ3) is 4.16. The summed E-state index contributed by atoms with van der Waals surface area (Å²) in [4.78, 5) is 16.5. The second-order valence-corrected chi connectivity index (χ2v) is 7.96. The molecule has 2 N–H and O–H groups in total. The van der Waals surface area contributed by atoms with Gasteiger partial charge in [0, 0.05) is 48.7 Å². The molecule has 0 unspecified atom stereocenters. The lowest BCUT2D eigenvalue weighted by Gasteiger charge is -2.27. The number of aromatic nitrogens is 2. The molecule has 0 atom stereocenters. The van der Waals surface area contributed by atoms with Crippen LogP contribution in [0.3, 0.4) is 0 Å². The summed E-state index contributed by atoms with van der Waals surface area (Å²) in [6.45, 7) is 3.41. The highest BCUT2D eigenvalue weighted by Gasteiger charge is 2.28. The van der Waals surface area contributed by atoms with E-state index in [2.05, 4.69) is 32.8 Å².